The van der Waals surface area contributed by atoms with Crippen LogP contribution in [0, 0.1) is 16.0 Å². The lowest BCUT2D eigenvalue weighted by molar-refractivity contribution is -0.385. The van der Waals surface area contributed by atoms with Gasteiger partial charge in [-0.3, -0.25) is 14.9 Å². The third-order valence-electron chi connectivity index (χ3n) is 4.29. The van der Waals surface area contributed by atoms with Crippen molar-refractivity contribution in [3.63, 3.8) is 0 Å². The van der Waals surface area contributed by atoms with Crippen LogP contribution in [-0.2, 0) is 4.79 Å². The van der Waals surface area contributed by atoms with E-state index in [-0.39, 0.29) is 24.0 Å². The Balaban J connectivity index is 1.98. The molecule has 0 aromatic heterocycles. The number of non-ortho nitro benzene ring substituents is 1. The minimum absolute atomic E-state index is 0.116. The molecule has 0 heterocycles. The first-order valence-electron chi connectivity index (χ1n) is 8.49. The molecule has 138 valence electrons. The summed E-state index contributed by atoms with van der Waals surface area (Å²) >= 11 is 1.19. The Labute approximate surface area is 151 Å². The van der Waals surface area contributed by atoms with E-state index < -0.39 is 11.0 Å². The second kappa shape index (κ2) is 9.74. The zero-order chi connectivity index (χ0) is 18.2. The van der Waals surface area contributed by atoms with E-state index in [0.717, 1.165) is 6.42 Å². The number of thioether (sulfide) groups is 1. The Morgan fingerprint density at radius 1 is 1.36 bits per heavy atom. The maximum atomic E-state index is 12.1. The largest absolute Gasteiger partial charge is 0.394 e. The molecule has 3 N–H and O–H groups in total. The van der Waals surface area contributed by atoms with Gasteiger partial charge in [-0.05, 0) is 18.4 Å². The minimum atomic E-state index is -0.895. The van der Waals surface area contributed by atoms with Crippen LogP contribution in [0.25, 0.3) is 0 Å². The van der Waals surface area contributed by atoms with Crippen LogP contribution >= 0.6 is 11.8 Å². The SMILES string of the molecule is O=C(CCC1CCCC1)Nc1cc(SCC(O)CO)cc([N+](=O)[O-])c1. The van der Waals surface area contributed by atoms with E-state index in [2.05, 4.69) is 5.32 Å². The van der Waals surface area contributed by atoms with Crippen molar-refractivity contribution in [1.29, 1.82) is 0 Å². The molecule has 1 fully saturated rings. The molecule has 0 radical (unpaired) electrons. The van der Waals surface area contributed by atoms with Gasteiger partial charge >= 0.3 is 0 Å². The van der Waals surface area contributed by atoms with Crippen molar-refractivity contribution in [2.75, 3.05) is 17.7 Å². The number of aliphatic hydroxyl groups excluding tert-OH is 2. The summed E-state index contributed by atoms with van der Waals surface area (Å²) in [6.45, 7) is -0.368. The number of hydrogen-bond donors (Lipinski definition) is 3. The molecule has 1 unspecified atom stereocenters. The lowest BCUT2D eigenvalue weighted by Crippen LogP contribution is -2.15. The maximum Gasteiger partial charge on any atom is 0.272 e. The number of aliphatic hydroxyl groups is 2. The van der Waals surface area contributed by atoms with E-state index in [1.54, 1.807) is 6.07 Å². The molecule has 0 aliphatic heterocycles. The second-order valence-corrected chi connectivity index (χ2v) is 7.45. The van der Waals surface area contributed by atoms with Crippen LogP contribution < -0.4 is 5.32 Å². The lowest BCUT2D eigenvalue weighted by Gasteiger charge is -2.11. The molecular weight excluding hydrogens is 344 g/mol. The van der Waals surface area contributed by atoms with Gasteiger partial charge in [0.05, 0.1) is 17.6 Å². The first-order valence-corrected chi connectivity index (χ1v) is 9.47. The van der Waals surface area contributed by atoms with Crippen LogP contribution in [0.5, 0.6) is 0 Å². The summed E-state index contributed by atoms with van der Waals surface area (Å²) in [4.78, 5) is 23.2. The number of anilines is 1. The molecule has 1 atom stereocenters. The molecule has 8 heteroatoms. The molecule has 25 heavy (non-hydrogen) atoms. The van der Waals surface area contributed by atoms with Crippen LogP contribution in [0.4, 0.5) is 11.4 Å². The predicted molar refractivity (Wildman–Crippen MR) is 96.7 cm³/mol. The molecule has 1 aliphatic rings. The Bertz CT molecular complexity index is 605. The van der Waals surface area contributed by atoms with Crippen molar-refractivity contribution >= 4 is 29.0 Å². The normalized spacial score (nSPS) is 15.9. The number of carbonyl (C=O) groups is 1. The maximum absolute atomic E-state index is 12.1. The summed E-state index contributed by atoms with van der Waals surface area (Å²) in [7, 11) is 0. The van der Waals surface area contributed by atoms with Crippen molar-refractivity contribution in [3.05, 3.63) is 28.3 Å². The van der Waals surface area contributed by atoms with Crippen molar-refractivity contribution in [2.24, 2.45) is 5.92 Å². The molecular formula is C17H24N2O5S. The molecule has 2 rings (SSSR count). The summed E-state index contributed by atoms with van der Waals surface area (Å²) in [5.41, 5.74) is 0.265. The summed E-state index contributed by atoms with van der Waals surface area (Å²) < 4.78 is 0. The van der Waals surface area contributed by atoms with Crippen LogP contribution in [0.3, 0.4) is 0 Å². The van der Waals surface area contributed by atoms with Crippen LogP contribution in [-0.4, -0.2) is 39.5 Å². The summed E-state index contributed by atoms with van der Waals surface area (Å²) in [5.74, 6) is 0.688. The first-order chi connectivity index (χ1) is 12.0. The van der Waals surface area contributed by atoms with Crippen LogP contribution in [0.2, 0.25) is 0 Å². The fourth-order valence-electron chi connectivity index (χ4n) is 2.95. The zero-order valence-corrected chi connectivity index (χ0v) is 14.8. The minimum Gasteiger partial charge on any atom is -0.394 e. The molecule has 0 saturated heterocycles. The topological polar surface area (TPSA) is 113 Å². The summed E-state index contributed by atoms with van der Waals surface area (Å²) in [5, 5.41) is 32.1. The van der Waals surface area contributed by atoms with Gasteiger partial charge in [-0.2, -0.15) is 0 Å². The highest BCUT2D eigenvalue weighted by Crippen LogP contribution is 2.30. The van der Waals surface area contributed by atoms with Gasteiger partial charge in [0.25, 0.3) is 5.69 Å². The van der Waals surface area contributed by atoms with Gasteiger partial charge in [0.15, 0.2) is 0 Å². The Morgan fingerprint density at radius 2 is 2.08 bits per heavy atom. The smallest absolute Gasteiger partial charge is 0.272 e. The van der Waals surface area contributed by atoms with Crippen molar-refractivity contribution in [3.8, 4) is 0 Å². The van der Waals surface area contributed by atoms with E-state index in [1.165, 1.54) is 49.6 Å². The standard InChI is InChI=1S/C17H24N2O5S/c20-10-15(21)11-25-16-8-13(7-14(9-16)19(23)24)18-17(22)6-5-12-3-1-2-4-12/h7-9,12,15,20-21H,1-6,10-11H2,(H,18,22). The number of carbonyl (C=O) groups excluding carboxylic acids is 1. The van der Waals surface area contributed by atoms with Gasteiger partial charge in [0.1, 0.15) is 0 Å². The Kier molecular flexibility index (Phi) is 7.67. The number of rotatable bonds is 9. The first kappa shape index (κ1) is 19.7. The Hall–Kier alpha value is -1.64. The second-order valence-electron chi connectivity index (χ2n) is 6.36. The van der Waals surface area contributed by atoms with Gasteiger partial charge in [0, 0.05) is 34.9 Å². The predicted octanol–water partition coefficient (Wildman–Crippen LogP) is 2.95. The Morgan fingerprint density at radius 3 is 2.72 bits per heavy atom. The quantitative estimate of drug-likeness (QED) is 0.351. The molecule has 1 saturated carbocycles. The molecule has 1 aromatic carbocycles. The highest BCUT2D eigenvalue weighted by atomic mass is 32.2. The van der Waals surface area contributed by atoms with Gasteiger partial charge in [-0.25, -0.2) is 0 Å². The lowest BCUT2D eigenvalue weighted by atomic mass is 10.0. The number of nitro benzene ring substituents is 1. The highest BCUT2D eigenvalue weighted by molar-refractivity contribution is 7.99. The van der Waals surface area contributed by atoms with Gasteiger partial charge < -0.3 is 15.5 Å². The van der Waals surface area contributed by atoms with E-state index in [4.69, 9.17) is 5.11 Å². The number of hydrogen-bond acceptors (Lipinski definition) is 6. The van der Waals surface area contributed by atoms with Gasteiger partial charge in [-0.1, -0.05) is 25.7 Å². The van der Waals surface area contributed by atoms with Crippen LogP contribution in [0.15, 0.2) is 23.1 Å². The van der Waals surface area contributed by atoms with Crippen LogP contribution in [0.1, 0.15) is 38.5 Å². The third-order valence-corrected chi connectivity index (χ3v) is 5.41. The van der Waals surface area contributed by atoms with Crippen molar-refractivity contribution in [1.82, 2.24) is 0 Å². The highest BCUT2D eigenvalue weighted by Gasteiger charge is 2.17. The number of nitrogens with zero attached hydrogens (tertiary/aromatic N) is 1. The molecule has 1 aromatic rings. The number of benzene rings is 1. The van der Waals surface area contributed by atoms with E-state index >= 15 is 0 Å². The van der Waals surface area contributed by atoms with E-state index in [1.807, 2.05) is 0 Å². The fraction of sp³-hybridized carbons (Fsp3) is 0.588. The molecule has 7 nitrogen and oxygen atoms in total. The van der Waals surface area contributed by atoms with Gasteiger partial charge in [0.2, 0.25) is 5.91 Å². The third kappa shape index (κ3) is 6.64. The number of amides is 1. The summed E-state index contributed by atoms with van der Waals surface area (Å²) in [6.07, 6.45) is 5.20. The van der Waals surface area contributed by atoms with E-state index in [9.17, 15) is 20.0 Å². The number of nitrogens with one attached hydrogen (secondary N) is 1. The summed E-state index contributed by atoms with van der Waals surface area (Å²) in [6, 6.07) is 4.37. The molecule has 0 bridgehead atoms. The zero-order valence-electron chi connectivity index (χ0n) is 14.0. The average Bonchev–Trinajstić information content (AvgIpc) is 3.11. The molecule has 1 aliphatic carbocycles. The average molecular weight is 368 g/mol. The monoisotopic (exact) mass is 368 g/mol. The van der Waals surface area contributed by atoms with Crippen molar-refractivity contribution < 1.29 is 19.9 Å². The molecule has 0 spiro atoms. The fourth-order valence-corrected chi connectivity index (χ4v) is 3.85. The van der Waals surface area contributed by atoms with Gasteiger partial charge in [-0.15, -0.1) is 11.8 Å². The molecule has 1 amide bonds. The number of nitro groups is 1. The van der Waals surface area contributed by atoms with Crippen molar-refractivity contribution in [2.45, 2.75) is 49.5 Å². The van der Waals surface area contributed by atoms with E-state index in [0.29, 0.717) is 22.9 Å².